The first-order valence-corrected chi connectivity index (χ1v) is 6.52. The number of nitrogens with zero attached hydrogens (tertiary/aromatic N) is 1. The van der Waals surface area contributed by atoms with E-state index in [1.54, 1.807) is 13.0 Å². The molecule has 0 aliphatic heterocycles. The van der Waals surface area contributed by atoms with Crippen molar-refractivity contribution >= 4 is 27.5 Å². The van der Waals surface area contributed by atoms with Crippen molar-refractivity contribution in [2.45, 2.75) is 13.8 Å². The van der Waals surface area contributed by atoms with E-state index in [-0.39, 0.29) is 5.91 Å². The lowest BCUT2D eigenvalue weighted by Crippen LogP contribution is -2.19. The number of aryl methyl sites for hydroxylation is 1. The van der Waals surface area contributed by atoms with Gasteiger partial charge in [-0.2, -0.15) is 5.10 Å². The summed E-state index contributed by atoms with van der Waals surface area (Å²) in [6, 6.07) is 9.33. The predicted molar refractivity (Wildman–Crippen MR) is 77.3 cm³/mol. The Labute approximate surface area is 119 Å². The van der Waals surface area contributed by atoms with Gasteiger partial charge >= 0.3 is 0 Å². The summed E-state index contributed by atoms with van der Waals surface area (Å²) in [7, 11) is 0. The van der Waals surface area contributed by atoms with Crippen molar-refractivity contribution in [3.8, 4) is 0 Å². The summed E-state index contributed by atoms with van der Waals surface area (Å²) < 4.78 is 6.08. The van der Waals surface area contributed by atoms with Gasteiger partial charge in [-0.15, -0.1) is 0 Å². The molecular weight excluding hydrogens is 308 g/mol. The molecule has 19 heavy (non-hydrogen) atoms. The molecule has 0 atom stereocenters. The third kappa shape index (κ3) is 3.32. The molecule has 0 saturated carbocycles. The van der Waals surface area contributed by atoms with Crippen LogP contribution in [0.25, 0.3) is 0 Å². The molecule has 0 fully saturated rings. The first-order valence-electron chi connectivity index (χ1n) is 5.72. The first-order chi connectivity index (χ1) is 9.08. The van der Waals surface area contributed by atoms with Crippen molar-refractivity contribution in [1.82, 2.24) is 5.43 Å². The van der Waals surface area contributed by atoms with Crippen LogP contribution in [0.3, 0.4) is 0 Å². The van der Waals surface area contributed by atoms with Crippen LogP contribution in [0.1, 0.15) is 28.6 Å². The number of carbonyl (C=O) groups is 1. The van der Waals surface area contributed by atoms with E-state index in [4.69, 9.17) is 4.42 Å². The minimum absolute atomic E-state index is 0.275. The molecule has 2 aromatic rings. The van der Waals surface area contributed by atoms with Crippen LogP contribution in [-0.2, 0) is 0 Å². The average molecular weight is 321 g/mol. The second-order valence-electron chi connectivity index (χ2n) is 4.04. The maximum atomic E-state index is 11.8. The van der Waals surface area contributed by atoms with Gasteiger partial charge in [0, 0.05) is 4.47 Å². The smallest absolute Gasteiger partial charge is 0.274 e. The Bertz CT molecular complexity index is 615. The molecule has 1 N–H and O–H groups in total. The van der Waals surface area contributed by atoms with Crippen LogP contribution >= 0.6 is 15.9 Å². The van der Waals surface area contributed by atoms with Crippen LogP contribution in [-0.4, -0.2) is 11.6 Å². The Morgan fingerprint density at radius 3 is 2.53 bits per heavy atom. The van der Waals surface area contributed by atoms with Gasteiger partial charge in [-0.1, -0.05) is 28.1 Å². The minimum Gasteiger partial charge on any atom is -0.469 e. The van der Waals surface area contributed by atoms with Crippen molar-refractivity contribution in [3.63, 3.8) is 0 Å². The molecule has 1 amide bonds. The summed E-state index contributed by atoms with van der Waals surface area (Å²) in [4.78, 5) is 11.8. The average Bonchev–Trinajstić information content (AvgIpc) is 2.83. The molecule has 1 heterocycles. The fourth-order valence-corrected chi connectivity index (χ4v) is 1.84. The Kier molecular flexibility index (Phi) is 4.16. The molecule has 1 aromatic carbocycles. The van der Waals surface area contributed by atoms with Crippen molar-refractivity contribution in [3.05, 3.63) is 58.0 Å². The number of amides is 1. The standard InChI is InChI=1S/C14H13BrN2O2/c1-9(11-3-5-12(15)6-4-11)16-17-14(18)13-7-8-19-10(13)2/h3-8H,1-2H3,(H,17,18)/b16-9-. The van der Waals surface area contributed by atoms with Crippen molar-refractivity contribution in [1.29, 1.82) is 0 Å². The third-order valence-electron chi connectivity index (χ3n) is 2.69. The molecule has 4 nitrogen and oxygen atoms in total. The van der Waals surface area contributed by atoms with Gasteiger partial charge in [0.2, 0.25) is 0 Å². The molecule has 0 saturated heterocycles. The largest absolute Gasteiger partial charge is 0.469 e. The maximum absolute atomic E-state index is 11.8. The Morgan fingerprint density at radius 1 is 1.26 bits per heavy atom. The summed E-state index contributed by atoms with van der Waals surface area (Å²) in [5, 5.41) is 4.08. The molecule has 0 spiro atoms. The number of nitrogens with one attached hydrogen (secondary N) is 1. The van der Waals surface area contributed by atoms with Crippen molar-refractivity contribution < 1.29 is 9.21 Å². The number of hydrogen-bond donors (Lipinski definition) is 1. The molecule has 2 rings (SSSR count). The normalized spacial score (nSPS) is 11.4. The molecule has 0 aliphatic carbocycles. The minimum atomic E-state index is -0.275. The van der Waals surface area contributed by atoms with Crippen LogP contribution in [0.15, 0.2) is 50.6 Å². The number of rotatable bonds is 3. The zero-order valence-electron chi connectivity index (χ0n) is 10.6. The number of carbonyl (C=O) groups excluding carboxylic acids is 1. The third-order valence-corrected chi connectivity index (χ3v) is 3.22. The van der Waals surface area contributed by atoms with E-state index in [1.807, 2.05) is 31.2 Å². The van der Waals surface area contributed by atoms with E-state index in [9.17, 15) is 4.79 Å². The van der Waals surface area contributed by atoms with Gasteiger partial charge in [-0.05, 0) is 37.6 Å². The van der Waals surface area contributed by atoms with Gasteiger partial charge < -0.3 is 4.42 Å². The van der Waals surface area contributed by atoms with Crippen LogP contribution < -0.4 is 5.43 Å². The monoisotopic (exact) mass is 320 g/mol. The highest BCUT2D eigenvalue weighted by Crippen LogP contribution is 2.11. The summed E-state index contributed by atoms with van der Waals surface area (Å²) in [6.45, 7) is 3.58. The van der Waals surface area contributed by atoms with Crippen molar-refractivity contribution in [2.75, 3.05) is 0 Å². The lowest BCUT2D eigenvalue weighted by atomic mass is 10.1. The number of hydrogen-bond acceptors (Lipinski definition) is 3. The van der Waals surface area contributed by atoms with Crippen molar-refractivity contribution in [2.24, 2.45) is 5.10 Å². The van der Waals surface area contributed by atoms with Gasteiger partial charge in [-0.3, -0.25) is 4.79 Å². The van der Waals surface area contributed by atoms with Crippen LogP contribution in [0.2, 0.25) is 0 Å². The Balaban J connectivity index is 2.08. The Hall–Kier alpha value is -1.88. The van der Waals surface area contributed by atoms with E-state index >= 15 is 0 Å². The van der Waals surface area contributed by atoms with E-state index in [0.717, 1.165) is 15.7 Å². The van der Waals surface area contributed by atoms with Gasteiger partial charge in [0.25, 0.3) is 5.91 Å². The molecule has 0 unspecified atom stereocenters. The van der Waals surface area contributed by atoms with Gasteiger partial charge in [0.15, 0.2) is 0 Å². The molecule has 5 heteroatoms. The second-order valence-corrected chi connectivity index (χ2v) is 4.95. The summed E-state index contributed by atoms with van der Waals surface area (Å²) in [6.07, 6.45) is 1.48. The number of furan rings is 1. The highest BCUT2D eigenvalue weighted by atomic mass is 79.9. The Morgan fingerprint density at radius 2 is 1.95 bits per heavy atom. The molecule has 1 aromatic heterocycles. The van der Waals surface area contributed by atoms with Crippen LogP contribution in [0, 0.1) is 6.92 Å². The molecule has 0 aliphatic rings. The maximum Gasteiger partial charge on any atom is 0.274 e. The number of hydrazone groups is 1. The first kappa shape index (κ1) is 13.5. The van der Waals surface area contributed by atoms with Gasteiger partial charge in [-0.25, -0.2) is 5.43 Å². The molecule has 0 bridgehead atoms. The quantitative estimate of drug-likeness (QED) is 0.695. The van der Waals surface area contributed by atoms with E-state index in [1.165, 1.54) is 6.26 Å². The topological polar surface area (TPSA) is 54.6 Å². The fourth-order valence-electron chi connectivity index (χ4n) is 1.57. The molecule has 98 valence electrons. The second kappa shape index (κ2) is 5.84. The zero-order chi connectivity index (χ0) is 13.8. The SMILES string of the molecule is C/C(=N/NC(=O)c1ccoc1C)c1ccc(Br)cc1. The van der Waals surface area contributed by atoms with E-state index < -0.39 is 0 Å². The predicted octanol–water partition coefficient (Wildman–Crippen LogP) is 3.50. The summed E-state index contributed by atoms with van der Waals surface area (Å²) >= 11 is 3.37. The summed E-state index contributed by atoms with van der Waals surface area (Å²) in [5.74, 6) is 0.303. The van der Waals surface area contributed by atoms with Crippen LogP contribution in [0.4, 0.5) is 0 Å². The summed E-state index contributed by atoms with van der Waals surface area (Å²) in [5.41, 5.74) is 4.70. The number of halogens is 1. The highest BCUT2D eigenvalue weighted by molar-refractivity contribution is 9.10. The van der Waals surface area contributed by atoms with E-state index in [2.05, 4.69) is 26.5 Å². The number of benzene rings is 1. The lowest BCUT2D eigenvalue weighted by molar-refractivity contribution is 0.0953. The highest BCUT2D eigenvalue weighted by Gasteiger charge is 2.10. The molecular formula is C14H13BrN2O2. The van der Waals surface area contributed by atoms with Gasteiger partial charge in [0.1, 0.15) is 5.76 Å². The lowest BCUT2D eigenvalue weighted by Gasteiger charge is -2.02. The van der Waals surface area contributed by atoms with Gasteiger partial charge in [0.05, 0.1) is 17.5 Å². The molecule has 0 radical (unpaired) electrons. The van der Waals surface area contributed by atoms with E-state index in [0.29, 0.717) is 11.3 Å². The van der Waals surface area contributed by atoms with Crippen LogP contribution in [0.5, 0.6) is 0 Å². The zero-order valence-corrected chi connectivity index (χ0v) is 12.2. The fraction of sp³-hybridized carbons (Fsp3) is 0.143.